The van der Waals surface area contributed by atoms with Crippen molar-refractivity contribution < 1.29 is 13.6 Å². The number of Topliss-reactive ketones (excluding diaryl/α,β-unsaturated/α-hetero) is 1. The van der Waals surface area contributed by atoms with Gasteiger partial charge < -0.3 is 0 Å². The van der Waals surface area contributed by atoms with Crippen molar-refractivity contribution in [3.8, 4) is 0 Å². The van der Waals surface area contributed by atoms with Gasteiger partial charge in [-0.25, -0.2) is 8.78 Å². The molecular formula is C14H15BrF2O. The summed E-state index contributed by atoms with van der Waals surface area (Å²) in [5, 5.41) is 0. The van der Waals surface area contributed by atoms with Gasteiger partial charge in [0.25, 0.3) is 0 Å². The summed E-state index contributed by atoms with van der Waals surface area (Å²) < 4.78 is 26.4. The van der Waals surface area contributed by atoms with Gasteiger partial charge in [0.2, 0.25) is 0 Å². The van der Waals surface area contributed by atoms with Crippen LogP contribution in [0.3, 0.4) is 0 Å². The molecule has 0 aliphatic heterocycles. The van der Waals surface area contributed by atoms with Gasteiger partial charge in [0.15, 0.2) is 17.4 Å². The summed E-state index contributed by atoms with van der Waals surface area (Å²) in [6, 6.07) is 2.38. The van der Waals surface area contributed by atoms with Crippen LogP contribution < -0.4 is 0 Å². The first-order valence-electron chi connectivity index (χ1n) is 6.18. The van der Waals surface area contributed by atoms with Crippen molar-refractivity contribution in [3.05, 3.63) is 33.8 Å². The molecule has 0 radical (unpaired) electrons. The molecular weight excluding hydrogens is 302 g/mol. The fraction of sp³-hybridized carbons (Fsp3) is 0.500. The van der Waals surface area contributed by atoms with Crippen molar-refractivity contribution in [2.45, 2.75) is 32.6 Å². The van der Waals surface area contributed by atoms with Crippen molar-refractivity contribution in [2.75, 3.05) is 0 Å². The Balaban J connectivity index is 2.26. The van der Waals surface area contributed by atoms with Gasteiger partial charge in [-0.1, -0.05) is 19.8 Å². The van der Waals surface area contributed by atoms with E-state index in [1.165, 1.54) is 6.07 Å². The Kier molecular flexibility index (Phi) is 4.15. The fourth-order valence-electron chi connectivity index (χ4n) is 2.61. The molecule has 0 N–H and O–H groups in total. The van der Waals surface area contributed by atoms with Crippen LogP contribution in [0.25, 0.3) is 0 Å². The number of hydrogen-bond donors (Lipinski definition) is 0. The van der Waals surface area contributed by atoms with Crippen molar-refractivity contribution in [1.29, 1.82) is 0 Å². The first-order valence-corrected chi connectivity index (χ1v) is 6.97. The van der Waals surface area contributed by atoms with Crippen LogP contribution in [0.4, 0.5) is 8.78 Å². The van der Waals surface area contributed by atoms with Crippen LogP contribution in [0.2, 0.25) is 0 Å². The van der Waals surface area contributed by atoms with Gasteiger partial charge in [0.1, 0.15) is 0 Å². The molecule has 1 saturated carbocycles. The number of halogens is 3. The first kappa shape index (κ1) is 13.7. The van der Waals surface area contributed by atoms with E-state index in [0.29, 0.717) is 5.92 Å². The Morgan fingerprint density at radius 2 is 2.06 bits per heavy atom. The van der Waals surface area contributed by atoms with Gasteiger partial charge in [0.05, 0.1) is 4.47 Å². The zero-order valence-corrected chi connectivity index (χ0v) is 11.8. The maximum Gasteiger partial charge on any atom is 0.173 e. The third kappa shape index (κ3) is 2.63. The van der Waals surface area contributed by atoms with Crippen molar-refractivity contribution in [3.63, 3.8) is 0 Å². The molecule has 2 rings (SSSR count). The van der Waals surface area contributed by atoms with E-state index in [4.69, 9.17) is 0 Å². The quantitative estimate of drug-likeness (QED) is 0.569. The molecule has 1 aliphatic carbocycles. The van der Waals surface area contributed by atoms with E-state index >= 15 is 0 Å². The molecule has 2 atom stereocenters. The average molecular weight is 317 g/mol. The van der Waals surface area contributed by atoms with Crippen LogP contribution in [-0.2, 0) is 0 Å². The number of benzene rings is 1. The highest BCUT2D eigenvalue weighted by Gasteiger charge is 2.28. The van der Waals surface area contributed by atoms with E-state index in [9.17, 15) is 13.6 Å². The minimum atomic E-state index is -0.982. The topological polar surface area (TPSA) is 17.1 Å². The molecule has 0 spiro atoms. The Hall–Kier alpha value is -0.770. The van der Waals surface area contributed by atoms with Crippen LogP contribution in [-0.4, -0.2) is 5.78 Å². The Bertz CT molecular complexity index is 473. The molecule has 18 heavy (non-hydrogen) atoms. The lowest BCUT2D eigenvalue weighted by atomic mass is 9.79. The van der Waals surface area contributed by atoms with Crippen LogP contribution in [0.1, 0.15) is 43.0 Å². The smallest absolute Gasteiger partial charge is 0.173 e. The minimum Gasteiger partial charge on any atom is -0.294 e. The van der Waals surface area contributed by atoms with Crippen molar-refractivity contribution in [1.82, 2.24) is 0 Å². The van der Waals surface area contributed by atoms with E-state index < -0.39 is 11.6 Å². The third-order valence-electron chi connectivity index (χ3n) is 3.61. The van der Waals surface area contributed by atoms with E-state index in [2.05, 4.69) is 22.9 Å². The second-order valence-corrected chi connectivity index (χ2v) is 5.85. The van der Waals surface area contributed by atoms with Gasteiger partial charge >= 0.3 is 0 Å². The molecule has 1 nitrogen and oxygen atoms in total. The lowest BCUT2D eigenvalue weighted by Crippen LogP contribution is -2.22. The summed E-state index contributed by atoms with van der Waals surface area (Å²) in [5.41, 5.74) is 0.257. The third-order valence-corrected chi connectivity index (χ3v) is 4.38. The number of rotatable bonds is 2. The maximum absolute atomic E-state index is 13.4. The maximum atomic E-state index is 13.4. The highest BCUT2D eigenvalue weighted by molar-refractivity contribution is 9.10. The Morgan fingerprint density at radius 1 is 1.33 bits per heavy atom. The lowest BCUT2D eigenvalue weighted by molar-refractivity contribution is 0.0867. The monoisotopic (exact) mass is 316 g/mol. The summed E-state index contributed by atoms with van der Waals surface area (Å²) in [6.07, 6.45) is 3.85. The lowest BCUT2D eigenvalue weighted by Gasteiger charge is -2.25. The first-order chi connectivity index (χ1) is 8.50. The SMILES string of the molecule is CC1CCCC(C(=O)c2ccc(F)c(F)c2Br)C1. The van der Waals surface area contributed by atoms with Crippen LogP contribution in [0.15, 0.2) is 16.6 Å². The van der Waals surface area contributed by atoms with Gasteiger partial charge in [-0.15, -0.1) is 0 Å². The molecule has 2 unspecified atom stereocenters. The molecule has 0 bridgehead atoms. The Morgan fingerprint density at radius 3 is 2.72 bits per heavy atom. The summed E-state index contributed by atoms with van der Waals surface area (Å²) in [4.78, 5) is 12.3. The highest BCUT2D eigenvalue weighted by Crippen LogP contribution is 2.33. The largest absolute Gasteiger partial charge is 0.294 e. The number of ketones is 1. The van der Waals surface area contributed by atoms with Crippen LogP contribution in [0.5, 0.6) is 0 Å². The molecule has 1 aromatic rings. The summed E-state index contributed by atoms with van der Waals surface area (Å²) >= 11 is 2.98. The predicted octanol–water partition coefficient (Wildman–Crippen LogP) is 4.74. The molecule has 1 fully saturated rings. The number of carbonyl (C=O) groups is 1. The number of hydrogen-bond acceptors (Lipinski definition) is 1. The summed E-state index contributed by atoms with van der Waals surface area (Å²) in [7, 11) is 0. The second-order valence-electron chi connectivity index (χ2n) is 5.06. The number of carbonyl (C=O) groups excluding carboxylic acids is 1. The van der Waals surface area contributed by atoms with Crippen molar-refractivity contribution >= 4 is 21.7 Å². The minimum absolute atomic E-state index is 0.0503. The van der Waals surface area contributed by atoms with Gasteiger partial charge in [-0.05, 0) is 46.8 Å². The standard InChI is InChI=1S/C14H15BrF2O/c1-8-3-2-4-9(7-8)14(18)10-5-6-11(16)13(17)12(10)15/h5-6,8-9H,2-4,7H2,1H3. The van der Waals surface area contributed by atoms with Gasteiger partial charge in [-0.2, -0.15) is 0 Å². The van der Waals surface area contributed by atoms with E-state index in [-0.39, 0.29) is 21.7 Å². The predicted molar refractivity (Wildman–Crippen MR) is 69.5 cm³/mol. The zero-order valence-electron chi connectivity index (χ0n) is 10.2. The molecule has 1 aromatic carbocycles. The molecule has 98 valence electrons. The molecule has 0 heterocycles. The van der Waals surface area contributed by atoms with Gasteiger partial charge in [0, 0.05) is 11.5 Å². The normalized spacial score (nSPS) is 24.0. The molecule has 0 saturated heterocycles. The fourth-order valence-corrected chi connectivity index (χ4v) is 3.13. The highest BCUT2D eigenvalue weighted by atomic mass is 79.9. The zero-order chi connectivity index (χ0) is 13.3. The molecule has 0 amide bonds. The molecule has 0 aromatic heterocycles. The average Bonchev–Trinajstić information content (AvgIpc) is 2.35. The van der Waals surface area contributed by atoms with Crippen LogP contribution in [0, 0.1) is 23.5 Å². The second kappa shape index (κ2) is 5.47. The van der Waals surface area contributed by atoms with E-state index in [0.717, 1.165) is 31.7 Å². The Labute approximate surface area is 114 Å². The van der Waals surface area contributed by atoms with E-state index in [1.54, 1.807) is 0 Å². The van der Waals surface area contributed by atoms with E-state index in [1.807, 2.05) is 0 Å². The summed E-state index contributed by atoms with van der Waals surface area (Å²) in [6.45, 7) is 2.12. The van der Waals surface area contributed by atoms with Gasteiger partial charge in [-0.3, -0.25) is 4.79 Å². The summed E-state index contributed by atoms with van der Waals surface area (Å²) in [5.74, 6) is -1.53. The van der Waals surface area contributed by atoms with Crippen LogP contribution >= 0.6 is 15.9 Å². The molecule has 4 heteroatoms. The van der Waals surface area contributed by atoms with Crippen molar-refractivity contribution in [2.24, 2.45) is 11.8 Å². The molecule has 1 aliphatic rings.